The molecule has 1 amide bonds. The lowest BCUT2D eigenvalue weighted by atomic mass is 10.0. The van der Waals surface area contributed by atoms with E-state index in [0.717, 1.165) is 28.9 Å². The molecule has 1 saturated heterocycles. The predicted molar refractivity (Wildman–Crippen MR) is 117 cm³/mol. The van der Waals surface area contributed by atoms with Gasteiger partial charge in [0.05, 0.1) is 6.61 Å². The van der Waals surface area contributed by atoms with E-state index in [1.165, 1.54) is 0 Å². The maximum absolute atomic E-state index is 13.6. The van der Waals surface area contributed by atoms with E-state index in [1.807, 2.05) is 11.0 Å². The van der Waals surface area contributed by atoms with Crippen molar-refractivity contribution in [3.05, 3.63) is 88.4 Å². The lowest BCUT2D eigenvalue weighted by Crippen LogP contribution is -2.38. The summed E-state index contributed by atoms with van der Waals surface area (Å²) in [6.07, 6.45) is 2.85. The molecular weight excluding hydrogens is 447 g/mol. The Balaban J connectivity index is 1.38. The van der Waals surface area contributed by atoms with Crippen molar-refractivity contribution < 1.29 is 27.5 Å². The molecule has 2 aliphatic heterocycles. The molecule has 2 aliphatic rings. The maximum Gasteiger partial charge on any atom is 0.328 e. The highest BCUT2D eigenvalue weighted by molar-refractivity contribution is 6.00. The van der Waals surface area contributed by atoms with Crippen LogP contribution >= 0.6 is 0 Å². The van der Waals surface area contributed by atoms with E-state index in [-0.39, 0.29) is 12.3 Å². The van der Waals surface area contributed by atoms with E-state index in [9.17, 15) is 22.8 Å². The Morgan fingerprint density at radius 1 is 1.12 bits per heavy atom. The molecule has 174 valence electrons. The molecule has 1 atom stereocenters. The SMILES string of the molecule is O=C(N[C@H]1CCOC1=O)c1cccc2c1CCN2c1cc(Cc2cc(F)c(F)c(F)c2)ccn1. The number of halogens is 3. The van der Waals surface area contributed by atoms with Gasteiger partial charge in [0.25, 0.3) is 5.91 Å². The van der Waals surface area contributed by atoms with Gasteiger partial charge in [0.2, 0.25) is 0 Å². The molecule has 0 radical (unpaired) electrons. The molecule has 1 aromatic heterocycles. The van der Waals surface area contributed by atoms with Crippen LogP contribution in [-0.4, -0.2) is 36.1 Å². The summed E-state index contributed by atoms with van der Waals surface area (Å²) in [5.74, 6) is -4.08. The zero-order valence-corrected chi connectivity index (χ0v) is 18.0. The number of hydrogen-bond acceptors (Lipinski definition) is 5. The number of rotatable bonds is 5. The Hall–Kier alpha value is -3.88. The third kappa shape index (κ3) is 4.09. The van der Waals surface area contributed by atoms with Gasteiger partial charge in [-0.05, 0) is 65.9 Å². The van der Waals surface area contributed by atoms with Gasteiger partial charge < -0.3 is 15.0 Å². The van der Waals surface area contributed by atoms with E-state index < -0.39 is 29.5 Å². The van der Waals surface area contributed by atoms with E-state index in [2.05, 4.69) is 10.3 Å². The average molecular weight is 467 g/mol. The number of amides is 1. The Kier molecular flexibility index (Phi) is 5.69. The molecule has 0 aliphatic carbocycles. The summed E-state index contributed by atoms with van der Waals surface area (Å²) in [5, 5.41) is 2.74. The van der Waals surface area contributed by atoms with Crippen molar-refractivity contribution in [2.24, 2.45) is 0 Å². The molecule has 3 aromatic rings. The molecule has 0 saturated carbocycles. The fraction of sp³-hybridized carbons (Fsp3) is 0.240. The summed E-state index contributed by atoms with van der Waals surface area (Å²) in [6, 6.07) is 10.2. The van der Waals surface area contributed by atoms with Crippen LogP contribution in [-0.2, 0) is 22.4 Å². The highest BCUT2D eigenvalue weighted by Gasteiger charge is 2.31. The normalized spacial score (nSPS) is 17.0. The first-order valence-corrected chi connectivity index (χ1v) is 10.9. The molecule has 1 N–H and O–H groups in total. The highest BCUT2D eigenvalue weighted by atomic mass is 19.2. The van der Waals surface area contributed by atoms with Gasteiger partial charge in [-0.2, -0.15) is 0 Å². The van der Waals surface area contributed by atoms with Crippen LogP contribution in [0.15, 0.2) is 48.7 Å². The van der Waals surface area contributed by atoms with Crippen LogP contribution in [0.2, 0.25) is 0 Å². The zero-order valence-electron chi connectivity index (χ0n) is 18.0. The van der Waals surface area contributed by atoms with Crippen molar-refractivity contribution in [3.8, 4) is 0 Å². The van der Waals surface area contributed by atoms with Crippen LogP contribution < -0.4 is 10.2 Å². The molecule has 9 heteroatoms. The van der Waals surface area contributed by atoms with Crippen molar-refractivity contribution in [1.29, 1.82) is 0 Å². The summed E-state index contributed by atoms with van der Waals surface area (Å²) in [6.45, 7) is 0.880. The average Bonchev–Trinajstić information content (AvgIpc) is 3.43. The Morgan fingerprint density at radius 2 is 1.91 bits per heavy atom. The van der Waals surface area contributed by atoms with Crippen molar-refractivity contribution in [1.82, 2.24) is 10.3 Å². The van der Waals surface area contributed by atoms with Crippen molar-refractivity contribution in [2.75, 3.05) is 18.1 Å². The maximum atomic E-state index is 13.6. The first kappa shape index (κ1) is 21.9. The van der Waals surface area contributed by atoms with E-state index in [4.69, 9.17) is 4.74 Å². The Labute approximate surface area is 193 Å². The van der Waals surface area contributed by atoms with Crippen molar-refractivity contribution >= 4 is 23.4 Å². The van der Waals surface area contributed by atoms with Crippen LogP contribution in [0.3, 0.4) is 0 Å². The number of hydrogen-bond donors (Lipinski definition) is 1. The molecule has 3 heterocycles. The number of cyclic esters (lactones) is 1. The quantitative estimate of drug-likeness (QED) is 0.456. The number of pyridine rings is 1. The summed E-state index contributed by atoms with van der Waals surface area (Å²) in [4.78, 5) is 31.0. The van der Waals surface area contributed by atoms with Gasteiger partial charge >= 0.3 is 5.97 Å². The number of ether oxygens (including phenoxy) is 1. The van der Waals surface area contributed by atoms with E-state index in [0.29, 0.717) is 42.9 Å². The van der Waals surface area contributed by atoms with Crippen LogP contribution in [0.1, 0.15) is 33.5 Å². The fourth-order valence-corrected chi connectivity index (χ4v) is 4.41. The van der Waals surface area contributed by atoms with Gasteiger partial charge in [0.1, 0.15) is 11.9 Å². The number of anilines is 2. The summed E-state index contributed by atoms with van der Waals surface area (Å²) in [7, 11) is 0. The topological polar surface area (TPSA) is 71.5 Å². The number of carbonyl (C=O) groups is 2. The van der Waals surface area contributed by atoms with Crippen LogP contribution in [0.4, 0.5) is 24.7 Å². The third-order valence-corrected chi connectivity index (χ3v) is 6.05. The molecule has 0 bridgehead atoms. The highest BCUT2D eigenvalue weighted by Crippen LogP contribution is 2.36. The minimum Gasteiger partial charge on any atom is -0.464 e. The van der Waals surface area contributed by atoms with Gasteiger partial charge in [-0.15, -0.1) is 0 Å². The first-order chi connectivity index (χ1) is 16.4. The number of nitrogens with zero attached hydrogens (tertiary/aromatic N) is 2. The second-order valence-electron chi connectivity index (χ2n) is 8.26. The number of nitrogens with one attached hydrogen (secondary N) is 1. The monoisotopic (exact) mass is 467 g/mol. The molecular formula is C25H20F3N3O3. The standard InChI is InChI=1S/C25H20F3N3O3/c26-18-11-15(12-19(27)23(18)28)10-14-4-7-29-22(13-14)31-8-5-16-17(2-1-3-21(16)31)24(32)30-20-6-9-34-25(20)33/h1-4,7,11-13,20H,5-6,8-10H2,(H,30,32)/t20-/m0/s1. The fourth-order valence-electron chi connectivity index (χ4n) is 4.41. The molecule has 2 aromatic carbocycles. The van der Waals surface area contributed by atoms with Gasteiger partial charge in [0.15, 0.2) is 17.5 Å². The van der Waals surface area contributed by atoms with Gasteiger partial charge in [0, 0.05) is 30.4 Å². The van der Waals surface area contributed by atoms with Crippen LogP contribution in [0.5, 0.6) is 0 Å². The molecule has 0 spiro atoms. The molecule has 1 fully saturated rings. The second-order valence-corrected chi connectivity index (χ2v) is 8.26. The van der Waals surface area contributed by atoms with Gasteiger partial charge in [-0.3, -0.25) is 4.79 Å². The summed E-state index contributed by atoms with van der Waals surface area (Å²) >= 11 is 0. The van der Waals surface area contributed by atoms with Gasteiger partial charge in [-0.25, -0.2) is 22.9 Å². The minimum absolute atomic E-state index is 0.199. The second kappa shape index (κ2) is 8.81. The zero-order chi connectivity index (χ0) is 23.8. The largest absolute Gasteiger partial charge is 0.464 e. The number of carbonyl (C=O) groups excluding carboxylic acids is 2. The first-order valence-electron chi connectivity index (χ1n) is 10.9. The molecule has 6 nitrogen and oxygen atoms in total. The van der Waals surface area contributed by atoms with Gasteiger partial charge in [-0.1, -0.05) is 6.07 Å². The molecule has 34 heavy (non-hydrogen) atoms. The summed E-state index contributed by atoms with van der Waals surface area (Å²) < 4.78 is 45.4. The van der Waals surface area contributed by atoms with Crippen LogP contribution in [0.25, 0.3) is 0 Å². The number of esters is 1. The molecule has 5 rings (SSSR count). The Bertz CT molecular complexity index is 1270. The van der Waals surface area contributed by atoms with Crippen molar-refractivity contribution in [3.63, 3.8) is 0 Å². The smallest absolute Gasteiger partial charge is 0.328 e. The lowest BCUT2D eigenvalue weighted by Gasteiger charge is -2.19. The number of fused-ring (bicyclic) bond motifs is 1. The lowest BCUT2D eigenvalue weighted by molar-refractivity contribution is -0.139. The number of aromatic nitrogens is 1. The Morgan fingerprint density at radius 3 is 2.65 bits per heavy atom. The van der Waals surface area contributed by atoms with Crippen molar-refractivity contribution in [2.45, 2.75) is 25.3 Å². The third-order valence-electron chi connectivity index (χ3n) is 6.05. The van der Waals surface area contributed by atoms with E-state index >= 15 is 0 Å². The predicted octanol–water partition coefficient (Wildman–Crippen LogP) is 3.83. The van der Waals surface area contributed by atoms with E-state index in [1.54, 1.807) is 30.5 Å². The summed E-state index contributed by atoms with van der Waals surface area (Å²) in [5.41, 5.74) is 3.22. The van der Waals surface area contributed by atoms with Crippen LogP contribution in [0, 0.1) is 17.5 Å². The number of benzene rings is 2. The minimum atomic E-state index is -1.49. The molecule has 0 unspecified atom stereocenters.